The smallest absolute Gasteiger partial charge is 0.380 e. The third kappa shape index (κ3) is 4.77. The number of rotatable bonds is 6. The molecule has 1 aliphatic carbocycles. The molecule has 26 heavy (non-hydrogen) atoms. The Hall–Kier alpha value is -1.58. The van der Waals surface area contributed by atoms with Crippen LogP contribution in [0.3, 0.4) is 0 Å². The van der Waals surface area contributed by atoms with Crippen molar-refractivity contribution in [3.8, 4) is 0 Å². The summed E-state index contributed by atoms with van der Waals surface area (Å²) in [6.45, 7) is 0.309. The second-order valence-electron chi connectivity index (χ2n) is 6.09. The van der Waals surface area contributed by atoms with E-state index >= 15 is 0 Å². The van der Waals surface area contributed by atoms with Gasteiger partial charge >= 0.3 is 6.18 Å². The molecule has 0 unspecified atom stereocenters. The van der Waals surface area contributed by atoms with Crippen LogP contribution in [0.4, 0.5) is 18.9 Å². The summed E-state index contributed by atoms with van der Waals surface area (Å²) in [5.74, 6) is 0. The molecule has 0 amide bonds. The number of halogens is 4. The molecule has 140 valence electrons. The maximum Gasteiger partial charge on any atom is 0.416 e. The first-order valence-corrected chi connectivity index (χ1v) is 10.1. The van der Waals surface area contributed by atoms with Gasteiger partial charge in [0.1, 0.15) is 0 Å². The Labute approximate surface area is 158 Å². The Morgan fingerprint density at radius 1 is 1.08 bits per heavy atom. The summed E-state index contributed by atoms with van der Waals surface area (Å²) in [5, 5.41) is 3.08. The number of nitrogens with one attached hydrogen (secondary N) is 2. The van der Waals surface area contributed by atoms with E-state index in [0.717, 1.165) is 25.0 Å². The Balaban J connectivity index is 1.67. The van der Waals surface area contributed by atoms with E-state index in [2.05, 4.69) is 26.0 Å². The minimum absolute atomic E-state index is 0.0243. The third-order valence-electron chi connectivity index (χ3n) is 3.91. The van der Waals surface area contributed by atoms with Gasteiger partial charge in [-0.1, -0.05) is 12.1 Å². The molecular formula is C17H16BrF3N2O2S. The van der Waals surface area contributed by atoms with Crippen molar-refractivity contribution in [2.45, 2.75) is 36.5 Å². The fourth-order valence-electron chi connectivity index (χ4n) is 2.30. The van der Waals surface area contributed by atoms with Gasteiger partial charge in [-0.15, -0.1) is 0 Å². The highest BCUT2D eigenvalue weighted by molar-refractivity contribution is 9.10. The SMILES string of the molecule is O=S(=O)(NC1CC1)c1ccc(NCc2ccc(C(F)(F)F)cc2)c(Br)c1. The van der Waals surface area contributed by atoms with E-state index in [0.29, 0.717) is 22.3 Å². The fraction of sp³-hybridized carbons (Fsp3) is 0.294. The molecule has 9 heteroatoms. The van der Waals surface area contributed by atoms with E-state index in [1.807, 2.05) is 0 Å². The van der Waals surface area contributed by atoms with Crippen LogP contribution in [0.2, 0.25) is 0 Å². The fourth-order valence-corrected chi connectivity index (χ4v) is 4.31. The van der Waals surface area contributed by atoms with Crippen LogP contribution in [0, 0.1) is 0 Å². The van der Waals surface area contributed by atoms with Crippen LogP contribution in [0.1, 0.15) is 24.0 Å². The maximum absolute atomic E-state index is 12.6. The molecule has 0 aliphatic heterocycles. The molecule has 4 nitrogen and oxygen atoms in total. The van der Waals surface area contributed by atoms with Crippen molar-refractivity contribution < 1.29 is 21.6 Å². The molecule has 0 heterocycles. The van der Waals surface area contributed by atoms with Crippen LogP contribution >= 0.6 is 15.9 Å². The second-order valence-corrected chi connectivity index (χ2v) is 8.65. The Kier molecular flexibility index (Phi) is 5.32. The molecule has 2 N–H and O–H groups in total. The van der Waals surface area contributed by atoms with Crippen LogP contribution in [-0.2, 0) is 22.7 Å². The average Bonchev–Trinajstić information content (AvgIpc) is 3.36. The van der Waals surface area contributed by atoms with Crippen LogP contribution in [0.25, 0.3) is 0 Å². The number of sulfonamides is 1. The maximum atomic E-state index is 12.6. The van der Waals surface area contributed by atoms with Crippen LogP contribution in [-0.4, -0.2) is 14.5 Å². The molecule has 0 saturated heterocycles. The van der Waals surface area contributed by atoms with Crippen LogP contribution in [0.15, 0.2) is 51.8 Å². The minimum atomic E-state index is -4.36. The summed E-state index contributed by atoms with van der Waals surface area (Å²) in [6, 6.07) is 9.51. The zero-order valence-corrected chi connectivity index (χ0v) is 15.9. The van der Waals surface area contributed by atoms with Gasteiger partial charge in [-0.2, -0.15) is 13.2 Å². The number of hydrogen-bond acceptors (Lipinski definition) is 3. The Bertz CT molecular complexity index is 895. The van der Waals surface area contributed by atoms with Gasteiger partial charge in [0.25, 0.3) is 0 Å². The first-order chi connectivity index (χ1) is 12.1. The molecule has 3 rings (SSSR count). The van der Waals surface area contributed by atoms with E-state index < -0.39 is 21.8 Å². The van der Waals surface area contributed by atoms with Gasteiger partial charge in [0.2, 0.25) is 10.0 Å². The summed E-state index contributed by atoms with van der Waals surface area (Å²) in [4.78, 5) is 0.163. The van der Waals surface area contributed by atoms with Crippen molar-refractivity contribution in [1.29, 1.82) is 0 Å². The van der Waals surface area contributed by atoms with Crippen molar-refractivity contribution in [1.82, 2.24) is 4.72 Å². The number of anilines is 1. The topological polar surface area (TPSA) is 58.2 Å². The van der Waals surface area contributed by atoms with Gasteiger partial charge < -0.3 is 5.32 Å². The molecule has 1 fully saturated rings. The quantitative estimate of drug-likeness (QED) is 0.682. The molecule has 0 atom stereocenters. The first kappa shape index (κ1) is 19.2. The molecule has 1 saturated carbocycles. The normalized spacial score (nSPS) is 15.1. The number of benzene rings is 2. The molecule has 0 bridgehead atoms. The molecule has 0 radical (unpaired) electrons. The summed E-state index contributed by atoms with van der Waals surface area (Å²) >= 11 is 3.33. The highest BCUT2D eigenvalue weighted by atomic mass is 79.9. The van der Waals surface area contributed by atoms with Crippen molar-refractivity contribution in [2.24, 2.45) is 0 Å². The Morgan fingerprint density at radius 2 is 1.73 bits per heavy atom. The zero-order valence-electron chi connectivity index (χ0n) is 13.5. The monoisotopic (exact) mass is 448 g/mol. The van der Waals surface area contributed by atoms with Crippen LogP contribution < -0.4 is 10.0 Å². The van der Waals surface area contributed by atoms with E-state index in [4.69, 9.17) is 0 Å². The number of hydrogen-bond donors (Lipinski definition) is 2. The predicted octanol–water partition coefficient (Wildman–Crippen LogP) is 4.52. The molecule has 2 aromatic carbocycles. The van der Waals surface area contributed by atoms with E-state index in [-0.39, 0.29) is 10.9 Å². The van der Waals surface area contributed by atoms with E-state index in [1.54, 1.807) is 6.07 Å². The summed E-state index contributed by atoms with van der Waals surface area (Å²) in [7, 11) is -3.54. The van der Waals surface area contributed by atoms with Crippen LogP contribution in [0.5, 0.6) is 0 Å². The van der Waals surface area contributed by atoms with Gasteiger partial charge in [-0.3, -0.25) is 0 Å². The van der Waals surface area contributed by atoms with Crippen molar-refractivity contribution in [2.75, 3.05) is 5.32 Å². The zero-order chi connectivity index (χ0) is 18.9. The van der Waals surface area contributed by atoms with E-state index in [1.165, 1.54) is 24.3 Å². The molecule has 0 aromatic heterocycles. The highest BCUT2D eigenvalue weighted by Gasteiger charge is 2.30. The molecule has 1 aliphatic rings. The summed E-state index contributed by atoms with van der Waals surface area (Å²) in [6.07, 6.45) is -2.65. The van der Waals surface area contributed by atoms with Gasteiger partial charge in [-0.25, -0.2) is 13.1 Å². The van der Waals surface area contributed by atoms with Crippen molar-refractivity contribution in [3.05, 3.63) is 58.1 Å². The standard InChI is InChI=1S/C17H16BrF3N2O2S/c18-15-9-14(26(24,25)23-13-5-6-13)7-8-16(15)22-10-11-1-3-12(4-2-11)17(19,20)21/h1-4,7-9,13,22-23H,5-6,10H2. The highest BCUT2D eigenvalue weighted by Crippen LogP contribution is 2.30. The molecule has 2 aromatic rings. The lowest BCUT2D eigenvalue weighted by Gasteiger charge is -2.12. The van der Waals surface area contributed by atoms with Gasteiger partial charge in [0.05, 0.1) is 10.5 Å². The van der Waals surface area contributed by atoms with Gasteiger partial charge in [0, 0.05) is 22.7 Å². The average molecular weight is 449 g/mol. The largest absolute Gasteiger partial charge is 0.416 e. The number of alkyl halides is 3. The lowest BCUT2D eigenvalue weighted by atomic mass is 10.1. The van der Waals surface area contributed by atoms with Crippen molar-refractivity contribution in [3.63, 3.8) is 0 Å². The van der Waals surface area contributed by atoms with Crippen molar-refractivity contribution >= 4 is 31.6 Å². The van der Waals surface area contributed by atoms with E-state index in [9.17, 15) is 21.6 Å². The third-order valence-corrected chi connectivity index (χ3v) is 6.09. The molecular weight excluding hydrogens is 433 g/mol. The minimum Gasteiger partial charge on any atom is -0.380 e. The molecule has 0 spiro atoms. The second kappa shape index (κ2) is 7.21. The first-order valence-electron chi connectivity index (χ1n) is 7.87. The summed E-state index contributed by atoms with van der Waals surface area (Å²) in [5.41, 5.74) is 0.632. The summed E-state index contributed by atoms with van der Waals surface area (Å²) < 4.78 is 65.2. The predicted molar refractivity (Wildman–Crippen MR) is 96.3 cm³/mol. The van der Waals surface area contributed by atoms with Gasteiger partial charge in [0.15, 0.2) is 0 Å². The lowest BCUT2D eigenvalue weighted by molar-refractivity contribution is -0.137. The Morgan fingerprint density at radius 3 is 2.27 bits per heavy atom. The van der Waals surface area contributed by atoms with Gasteiger partial charge in [-0.05, 0) is 64.7 Å². The lowest BCUT2D eigenvalue weighted by Crippen LogP contribution is -2.25.